The molecule has 1 aliphatic heterocycles. The molecule has 1 aromatic rings. The summed E-state index contributed by atoms with van der Waals surface area (Å²) in [6, 6.07) is 1.95. The number of likely N-dealkylation sites (tertiary alicyclic amines) is 1. The molecule has 1 saturated heterocycles. The van der Waals surface area contributed by atoms with E-state index in [1.165, 1.54) is 12.7 Å². The van der Waals surface area contributed by atoms with Crippen LogP contribution >= 0.6 is 0 Å². The third kappa shape index (κ3) is 2.73. The summed E-state index contributed by atoms with van der Waals surface area (Å²) in [5, 5.41) is 14.0. The highest BCUT2D eigenvalue weighted by molar-refractivity contribution is 5.79. The summed E-state index contributed by atoms with van der Waals surface area (Å²) in [5.41, 5.74) is 0.685. The van der Waals surface area contributed by atoms with Gasteiger partial charge < -0.3 is 14.5 Å². The van der Waals surface area contributed by atoms with E-state index in [2.05, 4.69) is 5.16 Å². The second kappa shape index (κ2) is 5.95. The van der Waals surface area contributed by atoms with Crippen molar-refractivity contribution in [1.29, 1.82) is 0 Å². The van der Waals surface area contributed by atoms with Crippen LogP contribution in [0.15, 0.2) is 16.9 Å². The van der Waals surface area contributed by atoms with Gasteiger partial charge in [-0.05, 0) is 25.7 Å². The average molecular weight is 278 g/mol. The lowest BCUT2D eigenvalue weighted by atomic mass is 9.80. The van der Waals surface area contributed by atoms with Crippen molar-refractivity contribution in [2.24, 2.45) is 5.92 Å². The molecule has 3 unspecified atom stereocenters. The molecule has 0 aromatic carbocycles. The molecule has 5 nitrogen and oxygen atoms in total. The standard InChI is InChI=1S/C15H22N2O3/c18-14-6-2-1-4-12(14)13-5-3-8-17(13)15(19)10-11-7-9-20-16-11/h7,9,12-14,18H,1-6,8,10H2. The third-order valence-electron chi connectivity index (χ3n) is 4.72. The molecule has 0 spiro atoms. The number of aliphatic hydroxyl groups is 1. The van der Waals surface area contributed by atoms with Crippen molar-refractivity contribution in [3.05, 3.63) is 18.0 Å². The Bertz CT molecular complexity index is 446. The smallest absolute Gasteiger partial charge is 0.228 e. The van der Waals surface area contributed by atoms with E-state index < -0.39 is 0 Å². The Morgan fingerprint density at radius 1 is 1.35 bits per heavy atom. The Balaban J connectivity index is 1.66. The lowest BCUT2D eigenvalue weighted by Crippen LogP contribution is -2.45. The Labute approximate surface area is 118 Å². The van der Waals surface area contributed by atoms with Crippen LogP contribution in [-0.2, 0) is 11.2 Å². The number of aromatic nitrogens is 1. The molecule has 2 fully saturated rings. The van der Waals surface area contributed by atoms with Crippen LogP contribution in [-0.4, -0.2) is 39.8 Å². The molecule has 1 aliphatic carbocycles. The summed E-state index contributed by atoms with van der Waals surface area (Å²) in [7, 11) is 0. The van der Waals surface area contributed by atoms with Gasteiger partial charge in [0.25, 0.3) is 0 Å². The summed E-state index contributed by atoms with van der Waals surface area (Å²) in [6.07, 6.45) is 7.82. The van der Waals surface area contributed by atoms with Crippen LogP contribution < -0.4 is 0 Å². The van der Waals surface area contributed by atoms with Gasteiger partial charge in [0.2, 0.25) is 5.91 Å². The van der Waals surface area contributed by atoms with E-state index in [0.29, 0.717) is 12.1 Å². The maximum Gasteiger partial charge on any atom is 0.228 e. The largest absolute Gasteiger partial charge is 0.393 e. The van der Waals surface area contributed by atoms with Gasteiger partial charge in [-0.25, -0.2) is 0 Å². The molecule has 20 heavy (non-hydrogen) atoms. The number of carbonyl (C=O) groups excluding carboxylic acids is 1. The molecule has 110 valence electrons. The van der Waals surface area contributed by atoms with Crippen molar-refractivity contribution >= 4 is 5.91 Å². The fraction of sp³-hybridized carbons (Fsp3) is 0.733. The molecule has 2 heterocycles. The van der Waals surface area contributed by atoms with Crippen molar-refractivity contribution in [3.8, 4) is 0 Å². The van der Waals surface area contributed by atoms with Gasteiger partial charge in [-0.15, -0.1) is 0 Å². The van der Waals surface area contributed by atoms with E-state index in [1.54, 1.807) is 6.07 Å². The van der Waals surface area contributed by atoms with Crippen molar-refractivity contribution in [2.75, 3.05) is 6.54 Å². The molecule has 3 rings (SSSR count). The van der Waals surface area contributed by atoms with Crippen LogP contribution in [0, 0.1) is 5.92 Å². The summed E-state index contributed by atoms with van der Waals surface area (Å²) in [4.78, 5) is 14.4. The number of nitrogens with zero attached hydrogens (tertiary/aromatic N) is 2. The van der Waals surface area contributed by atoms with Gasteiger partial charge in [0.15, 0.2) is 0 Å². The molecule has 0 radical (unpaired) electrons. The fourth-order valence-corrected chi connectivity index (χ4v) is 3.72. The fourth-order valence-electron chi connectivity index (χ4n) is 3.72. The second-order valence-electron chi connectivity index (χ2n) is 5.98. The quantitative estimate of drug-likeness (QED) is 0.915. The number of amides is 1. The minimum atomic E-state index is -0.241. The van der Waals surface area contributed by atoms with Gasteiger partial charge in [0.05, 0.1) is 18.2 Å². The molecule has 1 N–H and O–H groups in total. The molecule has 3 atom stereocenters. The van der Waals surface area contributed by atoms with Gasteiger partial charge in [-0.1, -0.05) is 18.0 Å². The van der Waals surface area contributed by atoms with Gasteiger partial charge in [0.1, 0.15) is 6.26 Å². The van der Waals surface area contributed by atoms with E-state index in [9.17, 15) is 9.90 Å². The first kappa shape index (κ1) is 13.6. The van der Waals surface area contributed by atoms with Gasteiger partial charge in [0, 0.05) is 24.6 Å². The van der Waals surface area contributed by atoms with E-state index in [-0.39, 0.29) is 24.0 Å². The highest BCUT2D eigenvalue weighted by Gasteiger charge is 2.38. The lowest BCUT2D eigenvalue weighted by Gasteiger charge is -2.37. The molecule has 1 saturated carbocycles. The van der Waals surface area contributed by atoms with E-state index >= 15 is 0 Å². The van der Waals surface area contributed by atoms with Crippen LogP contribution in [0.1, 0.15) is 44.2 Å². The molecule has 0 bridgehead atoms. The monoisotopic (exact) mass is 278 g/mol. The zero-order valence-corrected chi connectivity index (χ0v) is 11.7. The maximum atomic E-state index is 12.4. The predicted molar refractivity (Wildman–Crippen MR) is 72.9 cm³/mol. The molecule has 5 heteroatoms. The minimum absolute atomic E-state index is 0.110. The lowest BCUT2D eigenvalue weighted by molar-refractivity contribution is -0.133. The molecule has 1 aromatic heterocycles. The molecular formula is C15H22N2O3. The summed E-state index contributed by atoms with van der Waals surface area (Å²) < 4.78 is 4.78. The van der Waals surface area contributed by atoms with Crippen LogP contribution in [0.3, 0.4) is 0 Å². The van der Waals surface area contributed by atoms with Crippen LogP contribution in [0.2, 0.25) is 0 Å². The summed E-state index contributed by atoms with van der Waals surface area (Å²) in [5.74, 6) is 0.367. The van der Waals surface area contributed by atoms with Crippen molar-refractivity contribution in [1.82, 2.24) is 10.1 Å². The van der Waals surface area contributed by atoms with Crippen molar-refractivity contribution in [2.45, 2.75) is 57.1 Å². The first-order valence-corrected chi connectivity index (χ1v) is 7.62. The van der Waals surface area contributed by atoms with E-state index in [0.717, 1.165) is 38.6 Å². The zero-order chi connectivity index (χ0) is 13.9. The number of rotatable bonds is 3. The van der Waals surface area contributed by atoms with Gasteiger partial charge in [-0.3, -0.25) is 4.79 Å². The topological polar surface area (TPSA) is 66.6 Å². The van der Waals surface area contributed by atoms with E-state index in [1.807, 2.05) is 4.90 Å². The molecular weight excluding hydrogens is 256 g/mol. The number of hydrogen-bond donors (Lipinski definition) is 1. The molecule has 2 aliphatic rings. The number of carbonyl (C=O) groups is 1. The Morgan fingerprint density at radius 2 is 2.20 bits per heavy atom. The maximum absolute atomic E-state index is 12.4. The Kier molecular flexibility index (Phi) is 4.05. The Morgan fingerprint density at radius 3 is 2.95 bits per heavy atom. The Hall–Kier alpha value is -1.36. The van der Waals surface area contributed by atoms with Gasteiger partial charge >= 0.3 is 0 Å². The highest BCUT2D eigenvalue weighted by atomic mass is 16.5. The summed E-state index contributed by atoms with van der Waals surface area (Å²) in [6.45, 7) is 0.810. The van der Waals surface area contributed by atoms with Crippen LogP contribution in [0.4, 0.5) is 0 Å². The summed E-state index contributed by atoms with van der Waals surface area (Å²) >= 11 is 0. The van der Waals surface area contributed by atoms with Gasteiger partial charge in [-0.2, -0.15) is 0 Å². The highest BCUT2D eigenvalue weighted by Crippen LogP contribution is 2.34. The van der Waals surface area contributed by atoms with Crippen molar-refractivity contribution in [3.63, 3.8) is 0 Å². The predicted octanol–water partition coefficient (Wildman–Crippen LogP) is 1.76. The zero-order valence-electron chi connectivity index (χ0n) is 11.7. The van der Waals surface area contributed by atoms with Crippen LogP contribution in [0.25, 0.3) is 0 Å². The molecule has 1 amide bonds. The minimum Gasteiger partial charge on any atom is -0.393 e. The van der Waals surface area contributed by atoms with Crippen molar-refractivity contribution < 1.29 is 14.4 Å². The SMILES string of the molecule is O=C(Cc1ccon1)N1CCCC1C1CCCCC1O. The first-order chi connectivity index (χ1) is 9.75. The number of hydrogen-bond acceptors (Lipinski definition) is 4. The first-order valence-electron chi connectivity index (χ1n) is 7.62. The van der Waals surface area contributed by atoms with E-state index in [4.69, 9.17) is 4.52 Å². The second-order valence-corrected chi connectivity index (χ2v) is 5.98. The number of aliphatic hydroxyl groups excluding tert-OH is 1. The van der Waals surface area contributed by atoms with Crippen LogP contribution in [0.5, 0.6) is 0 Å². The third-order valence-corrected chi connectivity index (χ3v) is 4.72. The average Bonchev–Trinajstić information content (AvgIpc) is 3.09. The normalized spacial score (nSPS) is 30.6.